The molecule has 3 aromatic rings. The molecule has 0 fully saturated rings. The van der Waals surface area contributed by atoms with Crippen LogP contribution in [0.25, 0.3) is 9.40 Å². The van der Waals surface area contributed by atoms with Crippen LogP contribution in [-0.2, 0) is 6.42 Å². The number of thiophene rings is 2. The molecule has 1 atom stereocenters. The maximum absolute atomic E-state index is 6.27. The van der Waals surface area contributed by atoms with Gasteiger partial charge in [-0.3, -0.25) is 0 Å². The van der Waals surface area contributed by atoms with Crippen LogP contribution in [0.1, 0.15) is 16.5 Å². The van der Waals surface area contributed by atoms with Crippen LogP contribution in [0.2, 0.25) is 10.0 Å². The van der Waals surface area contributed by atoms with E-state index in [1.807, 2.05) is 36.6 Å². The first-order chi connectivity index (χ1) is 9.69. The minimum atomic E-state index is 0.233. The van der Waals surface area contributed by atoms with Crippen LogP contribution in [0.3, 0.4) is 0 Å². The molecule has 0 saturated heterocycles. The topological polar surface area (TPSA) is 12.0 Å². The van der Waals surface area contributed by atoms with Crippen molar-refractivity contribution >= 4 is 55.3 Å². The Bertz CT molecular complexity index is 684. The van der Waals surface area contributed by atoms with Crippen molar-refractivity contribution in [2.45, 2.75) is 12.5 Å². The molecule has 1 unspecified atom stereocenters. The normalized spacial score (nSPS) is 12.9. The lowest BCUT2D eigenvalue weighted by molar-refractivity contribution is 0.602. The molecule has 1 N–H and O–H groups in total. The van der Waals surface area contributed by atoms with E-state index in [2.05, 4.69) is 22.8 Å². The molecule has 5 heteroatoms. The number of nitrogens with one attached hydrogen (secondary N) is 1. The van der Waals surface area contributed by atoms with Gasteiger partial charge in [0.1, 0.15) is 0 Å². The lowest BCUT2D eigenvalue weighted by Gasteiger charge is -2.16. The molecule has 0 bridgehead atoms. The second-order valence-corrected chi connectivity index (χ2v) is 7.42. The average molecular weight is 342 g/mol. The largest absolute Gasteiger partial charge is 0.312 e. The first-order valence-electron chi connectivity index (χ1n) is 6.26. The minimum absolute atomic E-state index is 0.233. The Kier molecular flexibility index (Phi) is 4.34. The first kappa shape index (κ1) is 14.4. The van der Waals surface area contributed by atoms with Crippen molar-refractivity contribution in [2.24, 2.45) is 0 Å². The van der Waals surface area contributed by atoms with Crippen LogP contribution in [-0.4, -0.2) is 7.05 Å². The Morgan fingerprint density at radius 1 is 1.15 bits per heavy atom. The molecule has 0 aliphatic rings. The van der Waals surface area contributed by atoms with Crippen LogP contribution in [0.15, 0.2) is 35.7 Å². The summed E-state index contributed by atoms with van der Waals surface area (Å²) >= 11 is 16.1. The second-order valence-electron chi connectivity index (χ2n) is 4.54. The van der Waals surface area contributed by atoms with Crippen LogP contribution in [0, 0.1) is 0 Å². The van der Waals surface area contributed by atoms with Crippen molar-refractivity contribution in [2.75, 3.05) is 7.05 Å². The summed E-state index contributed by atoms with van der Waals surface area (Å²) in [7, 11) is 1.98. The van der Waals surface area contributed by atoms with E-state index in [1.165, 1.54) is 14.3 Å². The third kappa shape index (κ3) is 2.74. The summed E-state index contributed by atoms with van der Waals surface area (Å²) in [6.45, 7) is 0. The summed E-state index contributed by atoms with van der Waals surface area (Å²) in [5, 5.41) is 6.96. The maximum Gasteiger partial charge on any atom is 0.0455 e. The van der Waals surface area contributed by atoms with Gasteiger partial charge < -0.3 is 5.32 Å². The number of likely N-dealkylation sites (N-methyl/N-ethyl adjacent to an activating group) is 1. The molecule has 3 rings (SSSR count). The van der Waals surface area contributed by atoms with Gasteiger partial charge in [0, 0.05) is 30.4 Å². The average Bonchev–Trinajstić information content (AvgIpc) is 2.99. The van der Waals surface area contributed by atoms with Gasteiger partial charge in [0.15, 0.2) is 0 Å². The molecular weight excluding hydrogens is 329 g/mol. The Morgan fingerprint density at radius 3 is 2.55 bits per heavy atom. The van der Waals surface area contributed by atoms with Gasteiger partial charge in [0.2, 0.25) is 0 Å². The van der Waals surface area contributed by atoms with Crippen LogP contribution >= 0.6 is 45.9 Å². The number of fused-ring (bicyclic) bond motifs is 1. The predicted molar refractivity (Wildman–Crippen MR) is 91.7 cm³/mol. The van der Waals surface area contributed by atoms with Crippen molar-refractivity contribution in [1.82, 2.24) is 5.32 Å². The molecular formula is C15H13Cl2NS2. The molecule has 0 aliphatic carbocycles. The minimum Gasteiger partial charge on any atom is -0.312 e. The monoisotopic (exact) mass is 341 g/mol. The maximum atomic E-state index is 6.27. The molecule has 1 aromatic carbocycles. The Labute approximate surface area is 136 Å². The van der Waals surface area contributed by atoms with Gasteiger partial charge in [0.25, 0.3) is 0 Å². The van der Waals surface area contributed by atoms with Gasteiger partial charge in [-0.1, -0.05) is 29.3 Å². The molecule has 2 aromatic heterocycles. The van der Waals surface area contributed by atoms with Crippen LogP contribution in [0.5, 0.6) is 0 Å². The third-order valence-electron chi connectivity index (χ3n) is 3.32. The Morgan fingerprint density at radius 2 is 1.90 bits per heavy atom. The lowest BCUT2D eigenvalue weighted by Crippen LogP contribution is -2.18. The second kappa shape index (κ2) is 6.04. The number of hydrogen-bond donors (Lipinski definition) is 1. The van der Waals surface area contributed by atoms with Crippen molar-refractivity contribution in [3.63, 3.8) is 0 Å². The fraction of sp³-hybridized carbons (Fsp3) is 0.200. The van der Waals surface area contributed by atoms with Gasteiger partial charge in [-0.2, -0.15) is 0 Å². The highest BCUT2D eigenvalue weighted by Crippen LogP contribution is 2.36. The number of halogens is 2. The molecule has 0 radical (unpaired) electrons. The zero-order chi connectivity index (χ0) is 14.1. The summed E-state index contributed by atoms with van der Waals surface area (Å²) in [5.41, 5.74) is 1.01. The predicted octanol–water partition coefficient (Wildman–Crippen LogP) is 5.77. The van der Waals surface area contributed by atoms with Gasteiger partial charge >= 0.3 is 0 Å². The van der Waals surface area contributed by atoms with Crippen LogP contribution in [0.4, 0.5) is 0 Å². The lowest BCUT2D eigenvalue weighted by atomic mass is 10.0. The summed E-state index contributed by atoms with van der Waals surface area (Å²) in [6, 6.07) is 10.3. The fourth-order valence-corrected chi connectivity index (χ4v) is 5.01. The van der Waals surface area contributed by atoms with E-state index in [4.69, 9.17) is 23.2 Å². The fourth-order valence-electron chi connectivity index (χ4n) is 2.23. The zero-order valence-electron chi connectivity index (χ0n) is 10.8. The number of rotatable bonds is 4. The van der Waals surface area contributed by atoms with Crippen molar-refractivity contribution in [1.29, 1.82) is 0 Å². The standard InChI is InChI=1S/C15H13Cl2NS2/c1-18-12(7-9-10(16)3-2-4-11(9)17)14-8-15-13(20-14)5-6-19-15/h2-6,8,12,18H,7H2,1H3. The van der Waals surface area contributed by atoms with E-state index in [9.17, 15) is 0 Å². The van der Waals surface area contributed by atoms with Gasteiger partial charge in [-0.25, -0.2) is 0 Å². The highest BCUT2D eigenvalue weighted by molar-refractivity contribution is 7.26. The molecule has 0 aliphatic heterocycles. The highest BCUT2D eigenvalue weighted by atomic mass is 35.5. The van der Waals surface area contributed by atoms with Gasteiger partial charge in [-0.05, 0) is 48.7 Å². The van der Waals surface area contributed by atoms with Gasteiger partial charge in [-0.15, -0.1) is 22.7 Å². The molecule has 0 saturated carbocycles. The van der Waals surface area contributed by atoms with E-state index < -0.39 is 0 Å². The molecule has 104 valence electrons. The van der Waals surface area contributed by atoms with E-state index in [-0.39, 0.29) is 6.04 Å². The van der Waals surface area contributed by atoms with E-state index in [0.717, 1.165) is 22.0 Å². The Balaban J connectivity index is 1.92. The third-order valence-corrected chi connectivity index (χ3v) is 6.24. The Hall–Kier alpha value is -0.580. The molecule has 0 amide bonds. The SMILES string of the molecule is CNC(Cc1c(Cl)cccc1Cl)c1cc2sccc2s1. The summed E-state index contributed by atoms with van der Waals surface area (Å²) < 4.78 is 2.69. The quantitative estimate of drug-likeness (QED) is 0.634. The number of benzene rings is 1. The van der Waals surface area contributed by atoms with E-state index in [0.29, 0.717) is 0 Å². The molecule has 1 nitrogen and oxygen atoms in total. The van der Waals surface area contributed by atoms with E-state index >= 15 is 0 Å². The summed E-state index contributed by atoms with van der Waals surface area (Å²) in [4.78, 5) is 1.32. The molecule has 20 heavy (non-hydrogen) atoms. The van der Waals surface area contributed by atoms with Crippen molar-refractivity contribution in [3.05, 3.63) is 56.2 Å². The van der Waals surface area contributed by atoms with Crippen molar-refractivity contribution in [3.8, 4) is 0 Å². The van der Waals surface area contributed by atoms with Crippen LogP contribution < -0.4 is 5.32 Å². The van der Waals surface area contributed by atoms with E-state index in [1.54, 1.807) is 11.3 Å². The molecule has 0 spiro atoms. The van der Waals surface area contributed by atoms with Crippen molar-refractivity contribution < 1.29 is 0 Å². The summed E-state index contributed by atoms with van der Waals surface area (Å²) in [6.07, 6.45) is 0.794. The molecule has 2 heterocycles. The number of hydrogen-bond acceptors (Lipinski definition) is 3. The highest BCUT2D eigenvalue weighted by Gasteiger charge is 2.17. The van der Waals surface area contributed by atoms with Gasteiger partial charge in [0.05, 0.1) is 0 Å². The zero-order valence-corrected chi connectivity index (χ0v) is 14.0. The first-order valence-corrected chi connectivity index (χ1v) is 8.71. The smallest absolute Gasteiger partial charge is 0.0455 e. The summed E-state index contributed by atoms with van der Waals surface area (Å²) in [5.74, 6) is 0.